The molecular weight excluding hydrogens is 238 g/mol. The van der Waals surface area contributed by atoms with Crippen LogP contribution in [-0.2, 0) is 11.2 Å². The minimum Gasteiger partial charge on any atom is -0.481 e. The molecule has 3 heteroatoms. The lowest BCUT2D eigenvalue weighted by molar-refractivity contribution is -0.141. The molecular formula is C16H21NO2. The molecule has 2 unspecified atom stereocenters. The molecule has 2 atom stereocenters. The summed E-state index contributed by atoms with van der Waals surface area (Å²) in [5, 5.41) is 9.38. The Bertz CT molecular complexity index is 498. The van der Waals surface area contributed by atoms with Gasteiger partial charge in [-0.05, 0) is 44.2 Å². The molecule has 3 rings (SSSR count). The third kappa shape index (κ3) is 2.22. The summed E-state index contributed by atoms with van der Waals surface area (Å²) in [6.07, 6.45) is 5.15. The van der Waals surface area contributed by atoms with E-state index in [1.165, 1.54) is 16.8 Å². The number of nitrogens with zero attached hydrogens (tertiary/aromatic N) is 1. The number of hydrogen-bond acceptors (Lipinski definition) is 2. The van der Waals surface area contributed by atoms with Crippen molar-refractivity contribution in [2.45, 2.75) is 45.1 Å². The number of carboxylic acids is 1. The molecule has 0 saturated heterocycles. The molecule has 1 fully saturated rings. The molecule has 1 aromatic carbocycles. The number of carboxylic acid groups (broad SMARTS) is 1. The van der Waals surface area contributed by atoms with Crippen molar-refractivity contribution in [2.24, 2.45) is 5.92 Å². The number of fused-ring (bicyclic) bond motifs is 1. The monoisotopic (exact) mass is 259 g/mol. The van der Waals surface area contributed by atoms with Gasteiger partial charge in [-0.3, -0.25) is 4.79 Å². The summed E-state index contributed by atoms with van der Waals surface area (Å²) in [7, 11) is 0. The van der Waals surface area contributed by atoms with Crippen LogP contribution in [0.3, 0.4) is 0 Å². The van der Waals surface area contributed by atoms with Crippen LogP contribution in [-0.4, -0.2) is 23.7 Å². The Hall–Kier alpha value is -1.51. The van der Waals surface area contributed by atoms with Crippen molar-refractivity contribution in [1.82, 2.24) is 0 Å². The highest BCUT2D eigenvalue weighted by molar-refractivity contribution is 5.73. The molecule has 1 saturated carbocycles. The number of aryl methyl sites for hydroxylation is 2. The van der Waals surface area contributed by atoms with Crippen LogP contribution in [0.5, 0.6) is 0 Å². The van der Waals surface area contributed by atoms with Gasteiger partial charge in [0.1, 0.15) is 0 Å². The van der Waals surface area contributed by atoms with Crippen LogP contribution in [0.2, 0.25) is 0 Å². The molecule has 0 spiro atoms. The molecule has 0 aromatic heterocycles. The van der Waals surface area contributed by atoms with Gasteiger partial charge in [-0.1, -0.05) is 24.1 Å². The Morgan fingerprint density at radius 2 is 2.16 bits per heavy atom. The highest BCUT2D eigenvalue weighted by Gasteiger charge is 2.38. The second-order valence-electron chi connectivity index (χ2n) is 5.87. The molecule has 0 amide bonds. The first-order valence-electron chi connectivity index (χ1n) is 7.26. The lowest BCUT2D eigenvalue weighted by Crippen LogP contribution is -2.43. The van der Waals surface area contributed by atoms with E-state index < -0.39 is 5.97 Å². The standard InChI is InChI=1S/C16H21NO2/c1-11-7-8-14-12(10-11)4-3-9-17(14)15-6-2-5-13(15)16(18)19/h7-8,10,13,15H,2-6,9H2,1H3,(H,18,19). The summed E-state index contributed by atoms with van der Waals surface area (Å²) in [5.41, 5.74) is 3.96. The van der Waals surface area contributed by atoms with Crippen LogP contribution in [0.4, 0.5) is 5.69 Å². The fraction of sp³-hybridized carbons (Fsp3) is 0.562. The molecule has 102 valence electrons. The summed E-state index contributed by atoms with van der Waals surface area (Å²) < 4.78 is 0. The third-order valence-corrected chi connectivity index (χ3v) is 4.59. The van der Waals surface area contributed by atoms with E-state index in [-0.39, 0.29) is 12.0 Å². The van der Waals surface area contributed by atoms with E-state index in [1.807, 2.05) is 0 Å². The first-order chi connectivity index (χ1) is 9.16. The fourth-order valence-electron chi connectivity index (χ4n) is 3.70. The second kappa shape index (κ2) is 4.87. The highest BCUT2D eigenvalue weighted by atomic mass is 16.4. The van der Waals surface area contributed by atoms with Crippen molar-refractivity contribution in [3.8, 4) is 0 Å². The van der Waals surface area contributed by atoms with Crippen molar-refractivity contribution >= 4 is 11.7 Å². The van der Waals surface area contributed by atoms with E-state index >= 15 is 0 Å². The maximum atomic E-state index is 11.4. The van der Waals surface area contributed by atoms with E-state index in [2.05, 4.69) is 30.0 Å². The predicted molar refractivity (Wildman–Crippen MR) is 75.6 cm³/mol. The van der Waals surface area contributed by atoms with E-state index in [9.17, 15) is 9.90 Å². The lowest BCUT2D eigenvalue weighted by Gasteiger charge is -2.38. The van der Waals surface area contributed by atoms with Gasteiger partial charge < -0.3 is 10.0 Å². The van der Waals surface area contributed by atoms with Gasteiger partial charge in [-0.25, -0.2) is 0 Å². The molecule has 0 bridgehead atoms. The normalized spacial score (nSPS) is 26.3. The molecule has 1 aromatic rings. The molecule has 2 aliphatic rings. The van der Waals surface area contributed by atoms with Gasteiger partial charge >= 0.3 is 5.97 Å². The van der Waals surface area contributed by atoms with Crippen LogP contribution in [0, 0.1) is 12.8 Å². The minimum atomic E-state index is -0.623. The molecule has 1 aliphatic carbocycles. The molecule has 0 radical (unpaired) electrons. The zero-order valence-corrected chi connectivity index (χ0v) is 11.4. The Morgan fingerprint density at radius 1 is 1.32 bits per heavy atom. The van der Waals surface area contributed by atoms with E-state index in [1.54, 1.807) is 0 Å². The molecule has 1 aliphatic heterocycles. The fourth-order valence-corrected chi connectivity index (χ4v) is 3.70. The Balaban J connectivity index is 1.93. The minimum absolute atomic E-state index is 0.188. The number of benzene rings is 1. The van der Waals surface area contributed by atoms with Crippen LogP contribution in [0.25, 0.3) is 0 Å². The third-order valence-electron chi connectivity index (χ3n) is 4.59. The zero-order chi connectivity index (χ0) is 13.4. The maximum absolute atomic E-state index is 11.4. The summed E-state index contributed by atoms with van der Waals surface area (Å²) in [6, 6.07) is 6.77. The van der Waals surface area contributed by atoms with Gasteiger partial charge in [-0.2, -0.15) is 0 Å². The van der Waals surface area contributed by atoms with Gasteiger partial charge in [0.2, 0.25) is 0 Å². The Labute approximate surface area is 114 Å². The lowest BCUT2D eigenvalue weighted by atomic mass is 9.94. The van der Waals surface area contributed by atoms with Crippen molar-refractivity contribution in [3.05, 3.63) is 29.3 Å². The van der Waals surface area contributed by atoms with Crippen molar-refractivity contribution in [2.75, 3.05) is 11.4 Å². The van der Waals surface area contributed by atoms with Crippen molar-refractivity contribution in [3.63, 3.8) is 0 Å². The SMILES string of the molecule is Cc1ccc2c(c1)CCCN2C1CCCC1C(=O)O. The quantitative estimate of drug-likeness (QED) is 0.887. The van der Waals surface area contributed by atoms with Crippen LogP contribution < -0.4 is 4.90 Å². The average Bonchev–Trinajstić information content (AvgIpc) is 2.86. The zero-order valence-electron chi connectivity index (χ0n) is 11.4. The number of anilines is 1. The first kappa shape index (κ1) is 12.5. The van der Waals surface area contributed by atoms with Crippen molar-refractivity contribution in [1.29, 1.82) is 0 Å². The number of aliphatic carboxylic acids is 1. The maximum Gasteiger partial charge on any atom is 0.308 e. The number of carbonyl (C=O) groups is 1. The predicted octanol–water partition coefficient (Wildman–Crippen LogP) is 3.00. The number of rotatable bonds is 2. The molecule has 1 heterocycles. The topological polar surface area (TPSA) is 40.5 Å². The van der Waals surface area contributed by atoms with Crippen molar-refractivity contribution < 1.29 is 9.90 Å². The first-order valence-corrected chi connectivity index (χ1v) is 7.26. The van der Waals surface area contributed by atoms with Gasteiger partial charge in [0.05, 0.1) is 5.92 Å². The Morgan fingerprint density at radius 3 is 2.95 bits per heavy atom. The number of hydrogen-bond donors (Lipinski definition) is 1. The van der Waals surface area contributed by atoms with Crippen LogP contribution in [0.15, 0.2) is 18.2 Å². The van der Waals surface area contributed by atoms with Crippen LogP contribution >= 0.6 is 0 Å². The van der Waals surface area contributed by atoms with E-state index in [4.69, 9.17) is 0 Å². The summed E-state index contributed by atoms with van der Waals surface area (Å²) in [5.74, 6) is -0.811. The van der Waals surface area contributed by atoms with E-state index in [0.717, 1.165) is 38.6 Å². The highest BCUT2D eigenvalue weighted by Crippen LogP contribution is 2.37. The summed E-state index contributed by atoms with van der Waals surface area (Å²) in [6.45, 7) is 3.12. The smallest absolute Gasteiger partial charge is 0.308 e. The van der Waals surface area contributed by atoms with E-state index in [0.29, 0.717) is 0 Å². The summed E-state index contributed by atoms with van der Waals surface area (Å²) in [4.78, 5) is 13.8. The largest absolute Gasteiger partial charge is 0.481 e. The van der Waals surface area contributed by atoms with Gasteiger partial charge in [-0.15, -0.1) is 0 Å². The molecule has 1 N–H and O–H groups in total. The summed E-state index contributed by atoms with van der Waals surface area (Å²) >= 11 is 0. The Kier molecular flexibility index (Phi) is 3.21. The van der Waals surface area contributed by atoms with Gasteiger partial charge in [0.15, 0.2) is 0 Å². The van der Waals surface area contributed by atoms with Gasteiger partial charge in [0.25, 0.3) is 0 Å². The second-order valence-corrected chi connectivity index (χ2v) is 5.87. The average molecular weight is 259 g/mol. The van der Waals surface area contributed by atoms with Crippen LogP contribution in [0.1, 0.15) is 36.8 Å². The molecule has 19 heavy (non-hydrogen) atoms. The molecule has 3 nitrogen and oxygen atoms in total. The van der Waals surface area contributed by atoms with Gasteiger partial charge in [0, 0.05) is 18.3 Å².